The zero-order valence-corrected chi connectivity index (χ0v) is 19.9. The maximum absolute atomic E-state index is 12.7. The van der Waals surface area contributed by atoms with Crippen molar-refractivity contribution in [1.29, 1.82) is 0 Å². The molecular formula is C22H45NO7. The third kappa shape index (κ3) is 18.0. The van der Waals surface area contributed by atoms with Gasteiger partial charge in [-0.3, -0.25) is 4.79 Å². The second-order valence-electron chi connectivity index (χ2n) is 7.83. The average Bonchev–Trinajstić information content (AvgIpc) is 2.74. The summed E-state index contributed by atoms with van der Waals surface area (Å²) in [5.74, 6) is 0.149. The molecule has 8 nitrogen and oxygen atoms in total. The molecule has 0 atom stereocenters. The molecule has 0 radical (unpaired) electrons. The maximum Gasteiger partial charge on any atom is 0.222 e. The Morgan fingerprint density at radius 2 is 1.10 bits per heavy atom. The van der Waals surface area contributed by atoms with Gasteiger partial charge in [0.1, 0.15) is 0 Å². The Kier molecular flexibility index (Phi) is 19.6. The summed E-state index contributed by atoms with van der Waals surface area (Å²) in [6.07, 6.45) is 2.47. The number of rotatable bonds is 22. The Labute approximate surface area is 183 Å². The summed E-state index contributed by atoms with van der Waals surface area (Å²) in [4.78, 5) is 14.6. The lowest BCUT2D eigenvalue weighted by atomic mass is 9.85. The van der Waals surface area contributed by atoms with E-state index in [9.17, 15) is 4.79 Å². The molecule has 0 aromatic rings. The van der Waals surface area contributed by atoms with E-state index in [1.54, 1.807) is 14.2 Å². The Morgan fingerprint density at radius 1 is 0.700 bits per heavy atom. The topological polar surface area (TPSA) is 75.7 Å². The first-order chi connectivity index (χ1) is 14.5. The third-order valence-corrected chi connectivity index (χ3v) is 4.94. The van der Waals surface area contributed by atoms with Crippen LogP contribution < -0.4 is 0 Å². The first kappa shape index (κ1) is 29.2. The van der Waals surface area contributed by atoms with Crippen molar-refractivity contribution in [3.63, 3.8) is 0 Å². The predicted molar refractivity (Wildman–Crippen MR) is 117 cm³/mol. The zero-order chi connectivity index (χ0) is 22.5. The normalized spacial score (nSPS) is 11.8. The van der Waals surface area contributed by atoms with Gasteiger partial charge in [-0.15, -0.1) is 0 Å². The van der Waals surface area contributed by atoms with Crippen molar-refractivity contribution in [2.75, 3.05) is 93.4 Å². The van der Waals surface area contributed by atoms with E-state index in [1.807, 2.05) is 4.90 Å². The summed E-state index contributed by atoms with van der Waals surface area (Å²) in [5.41, 5.74) is 0.174. The van der Waals surface area contributed by atoms with Crippen molar-refractivity contribution in [1.82, 2.24) is 4.90 Å². The highest BCUT2D eigenvalue weighted by Crippen LogP contribution is 2.26. The molecule has 0 heterocycles. The van der Waals surface area contributed by atoms with Crippen LogP contribution in [-0.2, 0) is 33.2 Å². The molecule has 0 saturated heterocycles. The molecule has 0 aliphatic rings. The molecular weight excluding hydrogens is 390 g/mol. The second kappa shape index (κ2) is 20.2. The quantitative estimate of drug-likeness (QED) is 0.242. The maximum atomic E-state index is 12.7. The number of methoxy groups -OCH3 is 2. The molecule has 0 aliphatic heterocycles. The molecule has 0 spiro atoms. The minimum atomic E-state index is 0.149. The number of ether oxygens (including phenoxy) is 6. The van der Waals surface area contributed by atoms with Gasteiger partial charge in [0.2, 0.25) is 5.91 Å². The van der Waals surface area contributed by atoms with E-state index in [4.69, 9.17) is 28.4 Å². The number of carbonyl (C=O) groups excluding carboxylic acids is 1. The number of nitrogens with zero attached hydrogens (tertiary/aromatic N) is 1. The lowest BCUT2D eigenvalue weighted by Gasteiger charge is -2.26. The molecule has 0 fully saturated rings. The van der Waals surface area contributed by atoms with Gasteiger partial charge in [0.25, 0.3) is 0 Å². The van der Waals surface area contributed by atoms with E-state index in [0.29, 0.717) is 85.6 Å². The molecule has 0 aliphatic carbocycles. The van der Waals surface area contributed by atoms with Crippen LogP contribution in [0.25, 0.3) is 0 Å². The first-order valence-electron chi connectivity index (χ1n) is 11.0. The number of amides is 1. The highest BCUT2D eigenvalue weighted by molar-refractivity contribution is 5.76. The van der Waals surface area contributed by atoms with Gasteiger partial charge in [0.15, 0.2) is 0 Å². The lowest BCUT2D eigenvalue weighted by molar-refractivity contribution is -0.133. The SMILES string of the molecule is CCC(C)(C)CCC(=O)N(CCOCCOCCOC)CCOCCOCCOC. The Bertz CT molecular complexity index is 374. The van der Waals surface area contributed by atoms with Crippen molar-refractivity contribution in [3.8, 4) is 0 Å². The molecule has 0 aromatic carbocycles. The second-order valence-corrected chi connectivity index (χ2v) is 7.83. The van der Waals surface area contributed by atoms with Crippen LogP contribution >= 0.6 is 0 Å². The standard InChI is InChI=1S/C22H45NO7/c1-6-22(2,3)8-7-21(24)23(9-11-27-17-19-29-15-13-25-4)10-12-28-18-20-30-16-14-26-5/h6-20H2,1-5H3. The van der Waals surface area contributed by atoms with Crippen LogP contribution in [-0.4, -0.2) is 104 Å². The molecule has 0 N–H and O–H groups in total. The van der Waals surface area contributed by atoms with Gasteiger partial charge in [-0.05, 0) is 11.8 Å². The van der Waals surface area contributed by atoms with E-state index in [0.717, 1.165) is 12.8 Å². The summed E-state index contributed by atoms with van der Waals surface area (Å²) < 4.78 is 31.8. The summed E-state index contributed by atoms with van der Waals surface area (Å²) >= 11 is 0. The molecule has 0 aromatic heterocycles. The van der Waals surface area contributed by atoms with Gasteiger partial charge in [-0.2, -0.15) is 0 Å². The van der Waals surface area contributed by atoms with Gasteiger partial charge < -0.3 is 33.3 Å². The molecule has 0 saturated carbocycles. The van der Waals surface area contributed by atoms with Crippen LogP contribution in [0.15, 0.2) is 0 Å². The van der Waals surface area contributed by atoms with Gasteiger partial charge >= 0.3 is 0 Å². The van der Waals surface area contributed by atoms with E-state index in [1.165, 1.54) is 0 Å². The van der Waals surface area contributed by atoms with Crippen LogP contribution in [0.4, 0.5) is 0 Å². The molecule has 0 rings (SSSR count). The minimum absolute atomic E-state index is 0.149. The monoisotopic (exact) mass is 435 g/mol. The van der Waals surface area contributed by atoms with Gasteiger partial charge in [0, 0.05) is 33.7 Å². The Balaban J connectivity index is 4.16. The lowest BCUT2D eigenvalue weighted by Crippen LogP contribution is -2.37. The van der Waals surface area contributed by atoms with E-state index >= 15 is 0 Å². The zero-order valence-electron chi connectivity index (χ0n) is 19.9. The van der Waals surface area contributed by atoms with Crippen molar-refractivity contribution < 1.29 is 33.2 Å². The molecule has 180 valence electrons. The fourth-order valence-electron chi connectivity index (χ4n) is 2.42. The summed E-state index contributed by atoms with van der Waals surface area (Å²) in [6, 6.07) is 0. The number of carbonyl (C=O) groups is 1. The van der Waals surface area contributed by atoms with Crippen molar-refractivity contribution in [2.45, 2.75) is 40.0 Å². The summed E-state index contributed by atoms with van der Waals surface area (Å²) in [7, 11) is 3.29. The molecule has 0 bridgehead atoms. The van der Waals surface area contributed by atoms with Crippen LogP contribution in [0, 0.1) is 5.41 Å². The van der Waals surface area contributed by atoms with Gasteiger partial charge in [-0.25, -0.2) is 0 Å². The molecule has 8 heteroatoms. The van der Waals surface area contributed by atoms with E-state index in [2.05, 4.69) is 20.8 Å². The Morgan fingerprint density at radius 3 is 1.50 bits per heavy atom. The largest absolute Gasteiger partial charge is 0.382 e. The Hall–Kier alpha value is -0.770. The van der Waals surface area contributed by atoms with Gasteiger partial charge in [-0.1, -0.05) is 27.2 Å². The highest BCUT2D eigenvalue weighted by atomic mass is 16.5. The average molecular weight is 436 g/mol. The highest BCUT2D eigenvalue weighted by Gasteiger charge is 2.20. The van der Waals surface area contributed by atoms with Crippen molar-refractivity contribution in [3.05, 3.63) is 0 Å². The van der Waals surface area contributed by atoms with Crippen molar-refractivity contribution in [2.24, 2.45) is 5.41 Å². The predicted octanol–water partition coefficient (Wildman–Crippen LogP) is 2.39. The molecule has 30 heavy (non-hydrogen) atoms. The molecule has 1 amide bonds. The van der Waals surface area contributed by atoms with Crippen LogP contribution in [0.5, 0.6) is 0 Å². The van der Waals surface area contributed by atoms with E-state index in [-0.39, 0.29) is 11.3 Å². The number of hydrogen-bond donors (Lipinski definition) is 0. The smallest absolute Gasteiger partial charge is 0.222 e. The first-order valence-corrected chi connectivity index (χ1v) is 11.0. The molecule has 0 unspecified atom stereocenters. The van der Waals surface area contributed by atoms with Crippen LogP contribution in [0.2, 0.25) is 0 Å². The third-order valence-electron chi connectivity index (χ3n) is 4.94. The number of hydrogen-bond acceptors (Lipinski definition) is 7. The minimum Gasteiger partial charge on any atom is -0.382 e. The van der Waals surface area contributed by atoms with Crippen LogP contribution in [0.1, 0.15) is 40.0 Å². The summed E-state index contributed by atoms with van der Waals surface area (Å²) in [6.45, 7) is 13.0. The van der Waals surface area contributed by atoms with Crippen molar-refractivity contribution >= 4 is 5.91 Å². The fraction of sp³-hybridized carbons (Fsp3) is 0.955. The van der Waals surface area contributed by atoms with E-state index < -0.39 is 0 Å². The fourth-order valence-corrected chi connectivity index (χ4v) is 2.42. The van der Waals surface area contributed by atoms with Gasteiger partial charge in [0.05, 0.1) is 66.1 Å². The van der Waals surface area contributed by atoms with Crippen LogP contribution in [0.3, 0.4) is 0 Å². The summed E-state index contributed by atoms with van der Waals surface area (Å²) in [5, 5.41) is 0.